The van der Waals surface area contributed by atoms with Crippen LogP contribution in [-0.2, 0) is 9.59 Å². The van der Waals surface area contributed by atoms with Gasteiger partial charge in [0.2, 0.25) is 0 Å². The molecule has 30 heavy (non-hydrogen) atoms. The number of nitrogens with one attached hydrogen (secondary N) is 1. The van der Waals surface area contributed by atoms with Gasteiger partial charge in [0.25, 0.3) is 5.91 Å². The SMILES string of the molecule is Cl.Cl.O=C1N=C(N2CCCCN2)S/C1=C/c1ccc(F)cc1N1CCC[C@H]1C(=O)O. The van der Waals surface area contributed by atoms with Crippen molar-refractivity contribution in [2.45, 2.75) is 31.7 Å². The number of halogens is 3. The lowest BCUT2D eigenvalue weighted by molar-refractivity contribution is -0.138. The molecule has 7 nitrogen and oxygen atoms in total. The number of carbonyl (C=O) groups excluding carboxylic acids is 1. The van der Waals surface area contributed by atoms with Gasteiger partial charge in [0.05, 0.1) is 4.91 Å². The first kappa shape index (κ1) is 24.5. The number of anilines is 1. The van der Waals surface area contributed by atoms with Gasteiger partial charge in [-0.15, -0.1) is 24.8 Å². The van der Waals surface area contributed by atoms with Crippen molar-refractivity contribution in [1.82, 2.24) is 10.4 Å². The average molecular weight is 477 g/mol. The van der Waals surface area contributed by atoms with Crippen molar-refractivity contribution in [1.29, 1.82) is 0 Å². The van der Waals surface area contributed by atoms with Crippen molar-refractivity contribution >= 4 is 65.4 Å². The molecular formula is C19H23Cl2FN4O3S. The van der Waals surface area contributed by atoms with Crippen LogP contribution < -0.4 is 10.3 Å². The maximum Gasteiger partial charge on any atom is 0.326 e. The molecule has 0 aliphatic carbocycles. The molecule has 3 heterocycles. The predicted octanol–water partition coefficient (Wildman–Crippen LogP) is 3.29. The lowest BCUT2D eigenvalue weighted by Gasteiger charge is -2.28. The summed E-state index contributed by atoms with van der Waals surface area (Å²) < 4.78 is 13.9. The minimum absolute atomic E-state index is 0. The smallest absolute Gasteiger partial charge is 0.326 e. The van der Waals surface area contributed by atoms with E-state index in [0.717, 1.165) is 32.4 Å². The van der Waals surface area contributed by atoms with Crippen molar-refractivity contribution in [3.8, 4) is 0 Å². The number of hydrazine groups is 1. The number of aliphatic imine (C=N–C) groups is 1. The molecule has 3 aliphatic rings. The van der Waals surface area contributed by atoms with Gasteiger partial charge in [-0.3, -0.25) is 9.80 Å². The molecule has 0 saturated carbocycles. The van der Waals surface area contributed by atoms with Crippen LogP contribution in [0, 0.1) is 5.82 Å². The zero-order valence-electron chi connectivity index (χ0n) is 16.0. The van der Waals surface area contributed by atoms with E-state index in [4.69, 9.17) is 0 Å². The summed E-state index contributed by atoms with van der Waals surface area (Å²) in [6.07, 6.45) is 5.05. The molecular weight excluding hydrogens is 454 g/mol. The minimum Gasteiger partial charge on any atom is -0.480 e. The number of nitrogens with zero attached hydrogens (tertiary/aromatic N) is 3. The quantitative estimate of drug-likeness (QED) is 0.647. The van der Waals surface area contributed by atoms with Crippen molar-refractivity contribution in [3.63, 3.8) is 0 Å². The highest BCUT2D eigenvalue weighted by Crippen LogP contribution is 2.35. The van der Waals surface area contributed by atoms with Crippen LogP contribution in [-0.4, -0.2) is 52.8 Å². The molecule has 0 bridgehead atoms. The summed E-state index contributed by atoms with van der Waals surface area (Å²) in [4.78, 5) is 30.2. The molecule has 0 spiro atoms. The maximum atomic E-state index is 13.9. The van der Waals surface area contributed by atoms with E-state index in [2.05, 4.69) is 10.4 Å². The van der Waals surface area contributed by atoms with Crippen LogP contribution in [0.1, 0.15) is 31.2 Å². The number of benzene rings is 1. The molecule has 2 fully saturated rings. The van der Waals surface area contributed by atoms with Gasteiger partial charge in [-0.2, -0.15) is 4.99 Å². The van der Waals surface area contributed by atoms with Gasteiger partial charge in [-0.1, -0.05) is 0 Å². The Labute approximate surface area is 190 Å². The Balaban J connectivity index is 0.00000160. The summed E-state index contributed by atoms with van der Waals surface area (Å²) in [7, 11) is 0. The van der Waals surface area contributed by atoms with E-state index in [9.17, 15) is 19.1 Å². The second kappa shape index (κ2) is 10.5. The van der Waals surface area contributed by atoms with E-state index in [-0.39, 0.29) is 30.7 Å². The fourth-order valence-corrected chi connectivity index (χ4v) is 4.62. The molecule has 164 valence electrons. The third-order valence-corrected chi connectivity index (χ3v) is 6.08. The van der Waals surface area contributed by atoms with Gasteiger partial charge in [-0.25, -0.2) is 14.6 Å². The summed E-state index contributed by atoms with van der Waals surface area (Å²) in [5.41, 5.74) is 4.34. The third kappa shape index (κ3) is 5.08. The number of hydrogen-bond acceptors (Lipinski definition) is 6. The molecule has 3 aliphatic heterocycles. The number of amides is 1. The van der Waals surface area contributed by atoms with Crippen molar-refractivity contribution in [2.75, 3.05) is 24.5 Å². The number of amidine groups is 1. The van der Waals surface area contributed by atoms with Gasteiger partial charge in [0, 0.05) is 25.3 Å². The number of carbonyl (C=O) groups is 2. The van der Waals surface area contributed by atoms with Crippen LogP contribution in [0.4, 0.5) is 10.1 Å². The molecule has 1 aromatic carbocycles. The standard InChI is InChI=1S/C19H21FN4O3S.2ClH/c20-13-6-5-12(15(11-13)23-8-3-4-14(23)18(26)27)10-16-17(25)22-19(28-16)24-9-2-1-7-21-24;;/h5-6,10-11,14,21H,1-4,7-9H2,(H,26,27);2*1H/b16-10+;;/t14-;;/m0../s1. The first-order valence-electron chi connectivity index (χ1n) is 9.35. The molecule has 2 N–H and O–H groups in total. The van der Waals surface area contributed by atoms with E-state index in [1.165, 1.54) is 23.9 Å². The Kier molecular flexibility index (Phi) is 8.54. The fourth-order valence-electron chi connectivity index (χ4n) is 3.71. The Hall–Kier alpha value is -1.81. The van der Waals surface area contributed by atoms with Crippen LogP contribution in [0.3, 0.4) is 0 Å². The summed E-state index contributed by atoms with van der Waals surface area (Å²) in [6, 6.07) is 3.56. The van der Waals surface area contributed by atoms with Crippen molar-refractivity contribution < 1.29 is 19.1 Å². The highest BCUT2D eigenvalue weighted by molar-refractivity contribution is 8.18. The van der Waals surface area contributed by atoms with E-state index in [0.29, 0.717) is 34.3 Å². The zero-order valence-corrected chi connectivity index (χ0v) is 18.5. The fraction of sp³-hybridized carbons (Fsp3) is 0.421. The first-order valence-corrected chi connectivity index (χ1v) is 10.2. The van der Waals surface area contributed by atoms with Crippen molar-refractivity contribution in [3.05, 3.63) is 34.5 Å². The monoisotopic (exact) mass is 476 g/mol. The molecule has 1 aromatic rings. The third-order valence-electron chi connectivity index (χ3n) is 5.08. The number of aliphatic carboxylic acids is 1. The number of thioether (sulfide) groups is 1. The maximum absolute atomic E-state index is 13.9. The Morgan fingerprint density at radius 1 is 1.27 bits per heavy atom. The minimum atomic E-state index is -0.923. The predicted molar refractivity (Wildman–Crippen MR) is 121 cm³/mol. The molecule has 2 saturated heterocycles. The Morgan fingerprint density at radius 2 is 2.07 bits per heavy atom. The Morgan fingerprint density at radius 3 is 2.77 bits per heavy atom. The summed E-state index contributed by atoms with van der Waals surface area (Å²) in [6.45, 7) is 2.18. The van der Waals surface area contributed by atoms with E-state index in [1.54, 1.807) is 17.0 Å². The van der Waals surface area contributed by atoms with Gasteiger partial charge in [0.15, 0.2) is 5.17 Å². The topological polar surface area (TPSA) is 85.2 Å². The molecule has 0 radical (unpaired) electrons. The molecule has 1 amide bonds. The summed E-state index contributed by atoms with van der Waals surface area (Å²) >= 11 is 1.28. The lowest BCUT2D eigenvalue weighted by Crippen LogP contribution is -2.45. The summed E-state index contributed by atoms with van der Waals surface area (Å²) in [5, 5.41) is 12.0. The largest absolute Gasteiger partial charge is 0.480 e. The Bertz CT molecular complexity index is 877. The van der Waals surface area contributed by atoms with Crippen LogP contribution in [0.5, 0.6) is 0 Å². The molecule has 11 heteroatoms. The van der Waals surface area contributed by atoms with Crippen molar-refractivity contribution in [2.24, 2.45) is 4.99 Å². The second-order valence-electron chi connectivity index (χ2n) is 6.97. The second-order valence-corrected chi connectivity index (χ2v) is 7.98. The number of carboxylic acids is 1. The average Bonchev–Trinajstić information content (AvgIpc) is 3.31. The molecule has 4 rings (SSSR count). The highest BCUT2D eigenvalue weighted by Gasteiger charge is 2.33. The normalized spacial score (nSPS) is 22.6. The molecule has 0 unspecified atom stereocenters. The highest BCUT2D eigenvalue weighted by atomic mass is 35.5. The van der Waals surface area contributed by atoms with Gasteiger partial charge >= 0.3 is 5.97 Å². The number of rotatable bonds is 3. The van der Waals surface area contributed by atoms with Gasteiger partial charge < -0.3 is 10.0 Å². The lowest BCUT2D eigenvalue weighted by atomic mass is 10.1. The first-order chi connectivity index (χ1) is 13.5. The van der Waals surface area contributed by atoms with Crippen LogP contribution >= 0.6 is 36.6 Å². The van der Waals surface area contributed by atoms with Crippen LogP contribution in [0.2, 0.25) is 0 Å². The van der Waals surface area contributed by atoms with Gasteiger partial charge in [0.1, 0.15) is 11.9 Å². The number of hydrogen-bond donors (Lipinski definition) is 2. The molecule has 0 aromatic heterocycles. The zero-order chi connectivity index (χ0) is 19.7. The number of carboxylic acid groups (broad SMARTS) is 1. The van der Waals surface area contributed by atoms with E-state index in [1.807, 2.05) is 5.01 Å². The van der Waals surface area contributed by atoms with Crippen LogP contribution in [0.25, 0.3) is 6.08 Å². The van der Waals surface area contributed by atoms with E-state index >= 15 is 0 Å². The van der Waals surface area contributed by atoms with Crippen LogP contribution in [0.15, 0.2) is 28.1 Å². The van der Waals surface area contributed by atoms with E-state index < -0.39 is 17.8 Å². The van der Waals surface area contributed by atoms with Gasteiger partial charge in [-0.05, 0) is 67.3 Å². The summed E-state index contributed by atoms with van der Waals surface area (Å²) in [5.74, 6) is -1.69. The molecule has 1 atom stereocenters.